The zero-order chi connectivity index (χ0) is 18.4. The number of amides is 1. The molecule has 0 atom stereocenters. The molecule has 2 aromatic carbocycles. The van der Waals surface area contributed by atoms with Crippen LogP contribution >= 0.6 is 22.9 Å². The summed E-state index contributed by atoms with van der Waals surface area (Å²) in [6.45, 7) is 2.17. The third kappa shape index (κ3) is 4.32. The predicted octanol–water partition coefficient (Wildman–Crippen LogP) is 6.27. The number of unbranched alkanes of at least 4 members (excludes halogenated alkanes) is 2. The quantitative estimate of drug-likeness (QED) is 0.291. The molecule has 26 heavy (non-hydrogen) atoms. The molecule has 0 aliphatic rings. The van der Waals surface area contributed by atoms with Gasteiger partial charge in [-0.1, -0.05) is 79.9 Å². The van der Waals surface area contributed by atoms with Crippen LogP contribution in [0.5, 0.6) is 0 Å². The number of halogens is 1. The van der Waals surface area contributed by atoms with Crippen LogP contribution in [-0.4, -0.2) is 11.6 Å². The standard InChI is InChI=1S/C21H21ClN2OS/c1-2-3-5-13-17(15-10-6-4-7-11-15)23-24-21(25)20-19(22)16-12-8-9-14-18(16)26-20/h4,6-12,14H,2-3,5,13H2,1H3,(H,24,25). The first-order chi connectivity index (χ1) is 12.7. The van der Waals surface area contributed by atoms with E-state index < -0.39 is 0 Å². The first-order valence-electron chi connectivity index (χ1n) is 8.80. The van der Waals surface area contributed by atoms with Crippen molar-refractivity contribution < 1.29 is 4.79 Å². The van der Waals surface area contributed by atoms with Crippen LogP contribution < -0.4 is 5.43 Å². The van der Waals surface area contributed by atoms with Gasteiger partial charge in [0, 0.05) is 10.1 Å². The Balaban J connectivity index is 1.81. The third-order valence-electron chi connectivity index (χ3n) is 4.16. The van der Waals surface area contributed by atoms with Crippen LogP contribution in [0.3, 0.4) is 0 Å². The lowest BCUT2D eigenvalue weighted by Gasteiger charge is -2.07. The van der Waals surface area contributed by atoms with Crippen LogP contribution in [0.1, 0.15) is 47.8 Å². The van der Waals surface area contributed by atoms with Crippen molar-refractivity contribution in [3.63, 3.8) is 0 Å². The number of carbonyl (C=O) groups excluding carboxylic acids is 1. The molecule has 1 amide bonds. The van der Waals surface area contributed by atoms with E-state index >= 15 is 0 Å². The molecule has 0 radical (unpaired) electrons. The molecule has 3 aromatic rings. The summed E-state index contributed by atoms with van der Waals surface area (Å²) in [6, 6.07) is 17.7. The van der Waals surface area contributed by atoms with E-state index in [0.29, 0.717) is 9.90 Å². The van der Waals surface area contributed by atoms with Crippen molar-refractivity contribution in [2.45, 2.75) is 32.6 Å². The van der Waals surface area contributed by atoms with E-state index in [0.717, 1.165) is 47.0 Å². The fourth-order valence-corrected chi connectivity index (χ4v) is 4.17. The molecule has 0 spiro atoms. The van der Waals surface area contributed by atoms with E-state index in [1.807, 2.05) is 54.6 Å². The number of rotatable bonds is 7. The van der Waals surface area contributed by atoms with Crippen molar-refractivity contribution in [2.75, 3.05) is 0 Å². The molecule has 0 saturated heterocycles. The summed E-state index contributed by atoms with van der Waals surface area (Å²) in [5.74, 6) is -0.264. The van der Waals surface area contributed by atoms with Gasteiger partial charge in [0.15, 0.2) is 0 Å². The normalized spacial score (nSPS) is 11.7. The molecule has 0 saturated carbocycles. The van der Waals surface area contributed by atoms with Gasteiger partial charge in [0.1, 0.15) is 4.88 Å². The van der Waals surface area contributed by atoms with E-state index in [1.54, 1.807) is 0 Å². The highest BCUT2D eigenvalue weighted by molar-refractivity contribution is 7.21. The maximum atomic E-state index is 12.6. The zero-order valence-electron chi connectivity index (χ0n) is 14.7. The molecule has 3 nitrogen and oxygen atoms in total. The molecule has 0 unspecified atom stereocenters. The molecular weight excluding hydrogens is 364 g/mol. The lowest BCUT2D eigenvalue weighted by molar-refractivity contribution is 0.0959. The number of hydrogen-bond donors (Lipinski definition) is 1. The van der Waals surface area contributed by atoms with Gasteiger partial charge in [0.05, 0.1) is 10.7 Å². The monoisotopic (exact) mass is 384 g/mol. The molecular formula is C21H21ClN2OS. The Morgan fingerprint density at radius 3 is 2.54 bits per heavy atom. The number of hydrogen-bond acceptors (Lipinski definition) is 3. The van der Waals surface area contributed by atoms with Crippen LogP contribution in [0, 0.1) is 0 Å². The smallest absolute Gasteiger partial charge is 0.266 e. The fraction of sp³-hybridized carbons (Fsp3) is 0.238. The Morgan fingerprint density at radius 2 is 1.81 bits per heavy atom. The second-order valence-electron chi connectivity index (χ2n) is 6.06. The Hall–Kier alpha value is -2.17. The SMILES string of the molecule is CCCCCC(=NNC(=O)c1sc2ccccc2c1Cl)c1ccccc1. The summed E-state index contributed by atoms with van der Waals surface area (Å²) in [4.78, 5) is 13.1. The van der Waals surface area contributed by atoms with Crippen molar-refractivity contribution in [1.29, 1.82) is 0 Å². The first-order valence-corrected chi connectivity index (χ1v) is 9.99. The van der Waals surface area contributed by atoms with Crippen LogP contribution in [0.25, 0.3) is 10.1 Å². The van der Waals surface area contributed by atoms with Gasteiger partial charge in [-0.15, -0.1) is 11.3 Å². The predicted molar refractivity (Wildman–Crippen MR) is 111 cm³/mol. The highest BCUT2D eigenvalue weighted by Crippen LogP contribution is 2.34. The molecule has 1 N–H and O–H groups in total. The number of nitrogens with zero attached hydrogens (tertiary/aromatic N) is 1. The van der Waals surface area contributed by atoms with E-state index in [2.05, 4.69) is 17.5 Å². The van der Waals surface area contributed by atoms with Crippen molar-refractivity contribution >= 4 is 44.6 Å². The average Bonchev–Trinajstić information content (AvgIpc) is 3.02. The van der Waals surface area contributed by atoms with Crippen LogP contribution in [0.4, 0.5) is 0 Å². The second-order valence-corrected chi connectivity index (χ2v) is 7.49. The highest BCUT2D eigenvalue weighted by atomic mass is 35.5. The minimum Gasteiger partial charge on any atom is -0.266 e. The lowest BCUT2D eigenvalue weighted by Crippen LogP contribution is -2.19. The second kappa shape index (κ2) is 8.97. The summed E-state index contributed by atoms with van der Waals surface area (Å²) in [7, 11) is 0. The Bertz CT molecular complexity index is 918. The Kier molecular flexibility index (Phi) is 6.42. The summed E-state index contributed by atoms with van der Waals surface area (Å²) in [5.41, 5.74) is 4.63. The minimum atomic E-state index is -0.264. The van der Waals surface area contributed by atoms with Gasteiger partial charge in [-0.25, -0.2) is 5.43 Å². The summed E-state index contributed by atoms with van der Waals surface area (Å²) in [6.07, 6.45) is 4.16. The minimum absolute atomic E-state index is 0.264. The zero-order valence-corrected chi connectivity index (χ0v) is 16.2. The van der Waals surface area contributed by atoms with Crippen LogP contribution in [-0.2, 0) is 0 Å². The van der Waals surface area contributed by atoms with E-state index in [1.165, 1.54) is 11.3 Å². The number of thiophene rings is 1. The van der Waals surface area contributed by atoms with Gasteiger partial charge in [-0.05, 0) is 24.5 Å². The van der Waals surface area contributed by atoms with Crippen molar-refractivity contribution in [3.8, 4) is 0 Å². The molecule has 5 heteroatoms. The molecule has 134 valence electrons. The molecule has 0 aliphatic heterocycles. The van der Waals surface area contributed by atoms with Gasteiger partial charge in [-0.3, -0.25) is 4.79 Å². The highest BCUT2D eigenvalue weighted by Gasteiger charge is 2.16. The maximum Gasteiger partial charge on any atom is 0.283 e. The average molecular weight is 385 g/mol. The van der Waals surface area contributed by atoms with Crippen molar-refractivity contribution in [3.05, 3.63) is 70.1 Å². The molecule has 3 rings (SSSR count). The maximum absolute atomic E-state index is 12.6. The van der Waals surface area contributed by atoms with Gasteiger partial charge < -0.3 is 0 Å². The largest absolute Gasteiger partial charge is 0.283 e. The van der Waals surface area contributed by atoms with Crippen LogP contribution in [0.2, 0.25) is 5.02 Å². The van der Waals surface area contributed by atoms with Crippen LogP contribution in [0.15, 0.2) is 59.7 Å². The molecule has 0 bridgehead atoms. The number of benzene rings is 2. The molecule has 0 aliphatic carbocycles. The fourth-order valence-electron chi connectivity index (χ4n) is 2.77. The first kappa shape index (κ1) is 18.6. The Morgan fingerprint density at radius 1 is 1.08 bits per heavy atom. The Labute approximate surface area is 162 Å². The number of nitrogens with one attached hydrogen (secondary N) is 1. The number of hydrazone groups is 1. The lowest BCUT2D eigenvalue weighted by atomic mass is 10.0. The van der Waals surface area contributed by atoms with E-state index in [9.17, 15) is 4.79 Å². The molecule has 1 aromatic heterocycles. The summed E-state index contributed by atoms with van der Waals surface area (Å²) >= 11 is 7.78. The van der Waals surface area contributed by atoms with Gasteiger partial charge in [0.25, 0.3) is 5.91 Å². The van der Waals surface area contributed by atoms with E-state index in [4.69, 9.17) is 11.6 Å². The number of fused-ring (bicyclic) bond motifs is 1. The summed E-state index contributed by atoms with van der Waals surface area (Å²) < 4.78 is 0.998. The van der Waals surface area contributed by atoms with Gasteiger partial charge in [0.2, 0.25) is 0 Å². The third-order valence-corrected chi connectivity index (χ3v) is 5.83. The van der Waals surface area contributed by atoms with Crippen molar-refractivity contribution in [2.24, 2.45) is 5.10 Å². The molecule has 0 fully saturated rings. The topological polar surface area (TPSA) is 41.5 Å². The van der Waals surface area contributed by atoms with E-state index in [-0.39, 0.29) is 5.91 Å². The van der Waals surface area contributed by atoms with Gasteiger partial charge in [-0.2, -0.15) is 5.10 Å². The molecule has 1 heterocycles. The summed E-state index contributed by atoms with van der Waals surface area (Å²) in [5, 5.41) is 5.81. The van der Waals surface area contributed by atoms with Crippen molar-refractivity contribution in [1.82, 2.24) is 5.43 Å². The van der Waals surface area contributed by atoms with Gasteiger partial charge >= 0.3 is 0 Å². The number of carbonyl (C=O) groups is 1.